The first-order valence-corrected chi connectivity index (χ1v) is 11.7. The molecule has 33 heavy (non-hydrogen) atoms. The number of nitrogens with zero attached hydrogens (tertiary/aromatic N) is 4. The molecule has 2 aliphatic rings. The van der Waals surface area contributed by atoms with Crippen molar-refractivity contribution in [2.75, 3.05) is 0 Å². The Kier molecular flexibility index (Phi) is 4.62. The fourth-order valence-electron chi connectivity index (χ4n) is 4.25. The van der Waals surface area contributed by atoms with Gasteiger partial charge in [-0.1, -0.05) is 54.6 Å². The second-order valence-electron chi connectivity index (χ2n) is 8.15. The summed E-state index contributed by atoms with van der Waals surface area (Å²) >= 11 is 1.63. The smallest absolute Gasteiger partial charge is 0.363 e. The first-order chi connectivity index (χ1) is 16.1. The molecule has 2 aliphatic heterocycles. The summed E-state index contributed by atoms with van der Waals surface area (Å²) in [5.74, 6) is 0.724. The number of thioether (sulfide) groups is 1. The third kappa shape index (κ3) is 3.26. The molecule has 1 spiro atoms. The lowest BCUT2D eigenvalue weighted by Gasteiger charge is -2.28. The largest absolute Gasteiger partial charge is 0.631 e. The SMILES string of the molecule is Cc1cc(C)c2c(c1)N=[N+](c1ccccc1)C1(Oc3ccccc3N=[N+]1c1ccccc1)S2. The Morgan fingerprint density at radius 2 is 1.27 bits per heavy atom. The van der Waals surface area contributed by atoms with E-state index in [2.05, 4.69) is 26.0 Å². The molecule has 0 fully saturated rings. The molecule has 4 aromatic rings. The van der Waals surface area contributed by atoms with Crippen LogP contribution >= 0.6 is 11.8 Å². The van der Waals surface area contributed by atoms with Crippen molar-refractivity contribution in [3.63, 3.8) is 0 Å². The minimum atomic E-state index is -1.08. The molecule has 6 rings (SSSR count). The Balaban J connectivity index is 1.68. The molecule has 4 aromatic carbocycles. The molecule has 0 saturated carbocycles. The molecule has 1 unspecified atom stereocenters. The Labute approximate surface area is 196 Å². The van der Waals surface area contributed by atoms with E-state index in [4.69, 9.17) is 15.0 Å². The zero-order valence-electron chi connectivity index (χ0n) is 18.3. The molecule has 2 heterocycles. The van der Waals surface area contributed by atoms with E-state index in [1.54, 1.807) is 11.8 Å². The molecule has 0 saturated heterocycles. The van der Waals surface area contributed by atoms with Crippen LogP contribution in [0.2, 0.25) is 0 Å². The molecule has 0 N–H and O–H groups in total. The molecule has 0 amide bonds. The molecular formula is C27H22N4OS+2. The summed E-state index contributed by atoms with van der Waals surface area (Å²) in [6.07, 6.45) is 0. The maximum absolute atomic E-state index is 6.86. The fraction of sp³-hybridized carbons (Fsp3) is 0.111. The van der Waals surface area contributed by atoms with Gasteiger partial charge in [-0.05, 0) is 43.2 Å². The van der Waals surface area contributed by atoms with E-state index in [0.29, 0.717) is 0 Å². The number of hydrogen-bond donors (Lipinski definition) is 0. The number of para-hydroxylation sites is 3. The molecule has 0 radical (unpaired) electrons. The van der Waals surface area contributed by atoms with Gasteiger partial charge in [0.1, 0.15) is 5.69 Å². The number of rotatable bonds is 2. The van der Waals surface area contributed by atoms with Crippen molar-refractivity contribution in [2.45, 2.75) is 23.9 Å². The van der Waals surface area contributed by atoms with Crippen LogP contribution < -0.4 is 4.74 Å². The van der Waals surface area contributed by atoms with Crippen LogP contribution in [0.15, 0.2) is 112 Å². The van der Waals surface area contributed by atoms with Gasteiger partial charge in [0.2, 0.25) is 11.4 Å². The van der Waals surface area contributed by atoms with Gasteiger partial charge in [0.05, 0.1) is 16.7 Å². The first kappa shape index (κ1) is 19.9. The third-order valence-electron chi connectivity index (χ3n) is 5.69. The lowest BCUT2D eigenvalue weighted by Crippen LogP contribution is -2.51. The summed E-state index contributed by atoms with van der Waals surface area (Å²) in [7, 11) is 0. The van der Waals surface area contributed by atoms with E-state index in [1.807, 2.05) is 94.3 Å². The predicted molar refractivity (Wildman–Crippen MR) is 128 cm³/mol. The van der Waals surface area contributed by atoms with Crippen molar-refractivity contribution < 1.29 is 14.1 Å². The Hall–Kier alpha value is -3.77. The second kappa shape index (κ2) is 7.67. The molecule has 0 aromatic heterocycles. The van der Waals surface area contributed by atoms with Gasteiger partial charge < -0.3 is 4.74 Å². The van der Waals surface area contributed by atoms with Crippen LogP contribution in [0.4, 0.5) is 22.7 Å². The van der Waals surface area contributed by atoms with Crippen molar-refractivity contribution in [3.8, 4) is 5.75 Å². The summed E-state index contributed by atoms with van der Waals surface area (Å²) < 4.78 is 10.8. The van der Waals surface area contributed by atoms with Gasteiger partial charge >= 0.3 is 5.18 Å². The summed E-state index contributed by atoms with van der Waals surface area (Å²) in [4.78, 5) is 1.09. The van der Waals surface area contributed by atoms with E-state index < -0.39 is 5.18 Å². The third-order valence-corrected chi connectivity index (χ3v) is 7.13. The van der Waals surface area contributed by atoms with E-state index in [1.165, 1.54) is 11.1 Å². The molecule has 0 aliphatic carbocycles. The number of ether oxygens (including phenoxy) is 1. The minimum absolute atomic E-state index is 0.724. The van der Waals surface area contributed by atoms with Crippen LogP contribution in [0.1, 0.15) is 11.1 Å². The normalized spacial score (nSPS) is 18.6. The molecule has 1 atom stereocenters. The number of hydrogen-bond acceptors (Lipinski definition) is 4. The quantitative estimate of drug-likeness (QED) is 0.291. The van der Waals surface area contributed by atoms with E-state index >= 15 is 0 Å². The van der Waals surface area contributed by atoms with Gasteiger partial charge in [-0.2, -0.15) is 0 Å². The van der Waals surface area contributed by atoms with Crippen molar-refractivity contribution in [1.82, 2.24) is 0 Å². The van der Waals surface area contributed by atoms with Gasteiger partial charge in [-0.15, -0.1) is 0 Å². The fourth-order valence-corrected chi connectivity index (χ4v) is 5.53. The average Bonchev–Trinajstić information content (AvgIpc) is 2.85. The van der Waals surface area contributed by atoms with Crippen molar-refractivity contribution in [2.24, 2.45) is 10.2 Å². The molecule has 6 heteroatoms. The monoisotopic (exact) mass is 450 g/mol. The van der Waals surface area contributed by atoms with Gasteiger partial charge in [0.25, 0.3) is 0 Å². The Bertz CT molecular complexity index is 1430. The van der Waals surface area contributed by atoms with Crippen molar-refractivity contribution in [1.29, 1.82) is 0 Å². The summed E-state index contributed by atoms with van der Waals surface area (Å²) in [5, 5.41) is 9.14. The molecule has 0 bridgehead atoms. The number of fused-ring (bicyclic) bond motifs is 2. The highest BCUT2D eigenvalue weighted by Crippen LogP contribution is 2.54. The van der Waals surface area contributed by atoms with Gasteiger partial charge in [-0.25, -0.2) is 0 Å². The molecule has 5 nitrogen and oxygen atoms in total. The van der Waals surface area contributed by atoms with Gasteiger partial charge in [0.15, 0.2) is 11.4 Å². The van der Waals surface area contributed by atoms with E-state index in [0.717, 1.165) is 33.4 Å². The van der Waals surface area contributed by atoms with Crippen molar-refractivity contribution >= 4 is 34.5 Å². The van der Waals surface area contributed by atoms with Crippen LogP contribution in [0, 0.1) is 13.8 Å². The maximum atomic E-state index is 6.86. The lowest BCUT2D eigenvalue weighted by molar-refractivity contribution is -0.824. The minimum Gasteiger partial charge on any atom is -0.363 e. The lowest BCUT2D eigenvalue weighted by atomic mass is 10.1. The average molecular weight is 451 g/mol. The topological polar surface area (TPSA) is 40.0 Å². The van der Waals surface area contributed by atoms with Crippen LogP contribution in [0.3, 0.4) is 0 Å². The summed E-state index contributed by atoms with van der Waals surface area (Å²) in [6.45, 7) is 4.23. The predicted octanol–water partition coefficient (Wildman–Crippen LogP) is 7.97. The summed E-state index contributed by atoms with van der Waals surface area (Å²) in [5.41, 5.74) is 5.91. The number of azo groups is 4. The zero-order valence-corrected chi connectivity index (χ0v) is 19.2. The maximum Gasteiger partial charge on any atom is 0.631 e. The number of aryl methyl sites for hydroxylation is 2. The van der Waals surface area contributed by atoms with E-state index in [9.17, 15) is 0 Å². The second-order valence-corrected chi connectivity index (χ2v) is 9.29. The van der Waals surface area contributed by atoms with Crippen LogP contribution in [0.25, 0.3) is 0 Å². The highest BCUT2D eigenvalue weighted by atomic mass is 32.2. The first-order valence-electron chi connectivity index (χ1n) is 10.9. The highest BCUT2D eigenvalue weighted by molar-refractivity contribution is 8.00. The van der Waals surface area contributed by atoms with E-state index in [-0.39, 0.29) is 0 Å². The highest BCUT2D eigenvalue weighted by Gasteiger charge is 2.68. The Morgan fingerprint density at radius 1 is 0.697 bits per heavy atom. The molecular weight excluding hydrogens is 428 g/mol. The van der Waals surface area contributed by atoms with Crippen molar-refractivity contribution in [3.05, 3.63) is 108 Å². The Morgan fingerprint density at radius 3 is 1.94 bits per heavy atom. The zero-order chi connectivity index (χ0) is 22.4. The molecule has 160 valence electrons. The van der Waals surface area contributed by atoms with Crippen LogP contribution in [-0.2, 0) is 0 Å². The summed E-state index contributed by atoms with van der Waals surface area (Å²) in [6, 6.07) is 32.4. The van der Waals surface area contributed by atoms with Gasteiger partial charge in [0, 0.05) is 43.9 Å². The van der Waals surface area contributed by atoms with Crippen LogP contribution in [-0.4, -0.2) is 14.6 Å². The van der Waals surface area contributed by atoms with Crippen LogP contribution in [0.5, 0.6) is 5.75 Å². The number of benzene rings is 4. The van der Waals surface area contributed by atoms with Gasteiger partial charge in [-0.3, -0.25) is 0 Å². The standard InChI is InChI=1S/C27H22N4OS/c1-19-17-20(2)26-24(18-19)29-31(22-13-7-4-8-14-22)27(33-26)30(21-11-5-3-6-12-21)28-23-15-9-10-16-25(23)32-27/h3-18H,1-2H3/q+2.